The summed E-state index contributed by atoms with van der Waals surface area (Å²) in [5, 5.41) is 8.47. The Morgan fingerprint density at radius 3 is 2.92 bits per heavy atom. The monoisotopic (exact) mass is 178 g/mol. The van der Waals surface area contributed by atoms with Crippen LogP contribution in [0.15, 0.2) is 18.2 Å². The number of primary amides is 1. The first-order chi connectivity index (χ1) is 5.72. The van der Waals surface area contributed by atoms with E-state index in [0.717, 1.165) is 4.88 Å². The van der Waals surface area contributed by atoms with Crippen molar-refractivity contribution in [1.82, 2.24) is 0 Å². The van der Waals surface area contributed by atoms with E-state index in [9.17, 15) is 4.79 Å². The third kappa shape index (κ3) is 2.22. The van der Waals surface area contributed by atoms with E-state index in [1.165, 1.54) is 17.4 Å². The lowest BCUT2D eigenvalue weighted by atomic mass is 10.4. The summed E-state index contributed by atoms with van der Waals surface area (Å²) in [6, 6.07) is 5.47. The molecule has 0 aliphatic carbocycles. The topological polar surface area (TPSA) is 66.9 Å². The van der Waals surface area contributed by atoms with Crippen molar-refractivity contribution in [2.45, 2.75) is 0 Å². The number of hydrogen-bond donors (Lipinski definition) is 1. The number of hydrogen-bond acceptors (Lipinski definition) is 3. The van der Waals surface area contributed by atoms with Gasteiger partial charge in [-0.05, 0) is 18.2 Å². The van der Waals surface area contributed by atoms with Crippen molar-refractivity contribution in [2.24, 2.45) is 5.73 Å². The molecule has 0 unspecified atom stereocenters. The molecule has 1 amide bonds. The van der Waals surface area contributed by atoms with Gasteiger partial charge in [-0.2, -0.15) is 5.26 Å². The van der Waals surface area contributed by atoms with Crippen LogP contribution >= 0.6 is 11.3 Å². The van der Waals surface area contributed by atoms with Crippen LogP contribution < -0.4 is 5.73 Å². The van der Waals surface area contributed by atoms with Crippen molar-refractivity contribution in [1.29, 1.82) is 5.26 Å². The van der Waals surface area contributed by atoms with Gasteiger partial charge in [-0.3, -0.25) is 4.79 Å². The van der Waals surface area contributed by atoms with E-state index in [2.05, 4.69) is 0 Å². The molecule has 0 bridgehead atoms. The van der Waals surface area contributed by atoms with Gasteiger partial charge in [-0.1, -0.05) is 0 Å². The molecule has 0 saturated heterocycles. The van der Waals surface area contributed by atoms with Crippen LogP contribution in [-0.4, -0.2) is 5.91 Å². The Hall–Kier alpha value is -1.60. The molecule has 0 saturated carbocycles. The maximum absolute atomic E-state index is 10.3. The number of nitrogens with two attached hydrogens (primary N) is 1. The highest BCUT2D eigenvalue weighted by molar-refractivity contribution is 7.13. The quantitative estimate of drug-likeness (QED) is 0.689. The molecule has 12 heavy (non-hydrogen) atoms. The van der Waals surface area contributed by atoms with E-state index in [1.807, 2.05) is 6.07 Å². The fourth-order valence-electron chi connectivity index (χ4n) is 0.667. The molecule has 1 aromatic rings. The Morgan fingerprint density at radius 2 is 2.42 bits per heavy atom. The second-order valence-electron chi connectivity index (χ2n) is 2.05. The minimum Gasteiger partial charge on any atom is -0.366 e. The van der Waals surface area contributed by atoms with Gasteiger partial charge in [-0.25, -0.2) is 0 Å². The van der Waals surface area contributed by atoms with E-state index < -0.39 is 5.91 Å². The van der Waals surface area contributed by atoms with Crippen LogP contribution in [-0.2, 0) is 4.79 Å². The van der Waals surface area contributed by atoms with E-state index in [0.29, 0.717) is 4.88 Å². The lowest BCUT2D eigenvalue weighted by molar-refractivity contribution is -0.113. The Kier molecular flexibility index (Phi) is 2.62. The van der Waals surface area contributed by atoms with Crippen molar-refractivity contribution in [2.75, 3.05) is 0 Å². The smallest absolute Gasteiger partial charge is 0.241 e. The van der Waals surface area contributed by atoms with Crippen molar-refractivity contribution < 1.29 is 4.79 Å². The summed E-state index contributed by atoms with van der Waals surface area (Å²) in [5.41, 5.74) is 4.89. The summed E-state index contributed by atoms with van der Waals surface area (Å²) in [6.45, 7) is 0. The summed E-state index contributed by atoms with van der Waals surface area (Å²) in [5.74, 6) is -0.484. The molecule has 0 spiro atoms. The zero-order valence-corrected chi connectivity index (χ0v) is 6.97. The normalized spacial score (nSPS) is 9.92. The molecule has 3 nitrogen and oxygen atoms in total. The fourth-order valence-corrected chi connectivity index (χ4v) is 1.37. The average Bonchev–Trinajstić information content (AvgIpc) is 2.48. The molecule has 2 N–H and O–H groups in total. The van der Waals surface area contributed by atoms with Gasteiger partial charge in [0.1, 0.15) is 10.9 Å². The van der Waals surface area contributed by atoms with Crippen molar-refractivity contribution in [3.05, 3.63) is 28.0 Å². The minimum atomic E-state index is -0.484. The molecule has 0 atom stereocenters. The lowest BCUT2D eigenvalue weighted by Gasteiger charge is -1.80. The molecule has 60 valence electrons. The third-order valence-corrected chi connectivity index (χ3v) is 2.10. The number of rotatable bonds is 2. The highest BCUT2D eigenvalue weighted by Gasteiger charge is 1.94. The van der Waals surface area contributed by atoms with Crippen LogP contribution in [0.4, 0.5) is 0 Å². The van der Waals surface area contributed by atoms with E-state index >= 15 is 0 Å². The van der Waals surface area contributed by atoms with Gasteiger partial charge in [0.2, 0.25) is 5.91 Å². The predicted octanol–water partition coefficient (Wildman–Crippen LogP) is 1.12. The summed E-state index contributed by atoms with van der Waals surface area (Å²) >= 11 is 1.32. The molecule has 0 aliphatic rings. The molecular weight excluding hydrogens is 172 g/mol. The van der Waals surface area contributed by atoms with Crippen molar-refractivity contribution >= 4 is 23.3 Å². The zero-order chi connectivity index (χ0) is 8.97. The predicted molar refractivity (Wildman–Crippen MR) is 47.3 cm³/mol. The minimum absolute atomic E-state index is 0.484. The first-order valence-corrected chi connectivity index (χ1v) is 4.01. The first-order valence-electron chi connectivity index (χ1n) is 3.20. The average molecular weight is 178 g/mol. The Balaban J connectivity index is 2.78. The Bertz CT molecular complexity index is 359. The van der Waals surface area contributed by atoms with E-state index in [-0.39, 0.29) is 0 Å². The molecule has 0 radical (unpaired) electrons. The summed E-state index contributed by atoms with van der Waals surface area (Å²) in [7, 11) is 0. The standard InChI is InChI=1S/C8H6N2OS/c9-5-7-2-1-6(12-7)3-4-8(10)11/h1-4H,(H2,10,11). The van der Waals surface area contributed by atoms with Crippen molar-refractivity contribution in [3.8, 4) is 6.07 Å². The maximum Gasteiger partial charge on any atom is 0.241 e. The molecule has 0 fully saturated rings. The highest BCUT2D eigenvalue weighted by Crippen LogP contribution is 2.16. The SMILES string of the molecule is N#Cc1ccc(C=CC(N)=O)s1. The summed E-state index contributed by atoms with van der Waals surface area (Å²) in [4.78, 5) is 11.8. The molecule has 0 aromatic carbocycles. The number of nitriles is 1. The maximum atomic E-state index is 10.3. The number of thiophene rings is 1. The molecule has 1 rings (SSSR count). The van der Waals surface area contributed by atoms with Crippen LogP contribution in [0.2, 0.25) is 0 Å². The Labute approximate surface area is 73.7 Å². The van der Waals surface area contributed by atoms with Crippen LogP contribution in [0.3, 0.4) is 0 Å². The summed E-state index contributed by atoms with van der Waals surface area (Å²) < 4.78 is 0. The molecule has 4 heteroatoms. The molecular formula is C8H6N2OS. The number of nitrogens with zero attached hydrogens (tertiary/aromatic N) is 1. The van der Waals surface area contributed by atoms with E-state index in [4.69, 9.17) is 11.0 Å². The lowest BCUT2D eigenvalue weighted by Crippen LogP contribution is -2.04. The van der Waals surface area contributed by atoms with E-state index in [1.54, 1.807) is 18.2 Å². The zero-order valence-electron chi connectivity index (χ0n) is 6.15. The number of amides is 1. The van der Waals surface area contributed by atoms with Gasteiger partial charge in [0, 0.05) is 11.0 Å². The van der Waals surface area contributed by atoms with Gasteiger partial charge in [-0.15, -0.1) is 11.3 Å². The number of carbonyl (C=O) groups is 1. The second-order valence-corrected chi connectivity index (χ2v) is 3.16. The number of carbonyl (C=O) groups excluding carboxylic acids is 1. The van der Waals surface area contributed by atoms with Gasteiger partial charge in [0.15, 0.2) is 0 Å². The van der Waals surface area contributed by atoms with Crippen molar-refractivity contribution in [3.63, 3.8) is 0 Å². The largest absolute Gasteiger partial charge is 0.366 e. The highest BCUT2D eigenvalue weighted by atomic mass is 32.1. The van der Waals surface area contributed by atoms with Gasteiger partial charge >= 0.3 is 0 Å². The first kappa shape index (κ1) is 8.50. The van der Waals surface area contributed by atoms with Crippen LogP contribution in [0.25, 0.3) is 6.08 Å². The molecule has 1 aromatic heterocycles. The van der Waals surface area contributed by atoms with Gasteiger partial charge in [0.25, 0.3) is 0 Å². The van der Waals surface area contributed by atoms with Crippen LogP contribution in [0.1, 0.15) is 9.75 Å². The van der Waals surface area contributed by atoms with Crippen LogP contribution in [0, 0.1) is 11.3 Å². The second kappa shape index (κ2) is 3.69. The fraction of sp³-hybridized carbons (Fsp3) is 0. The van der Waals surface area contributed by atoms with Crippen LogP contribution in [0.5, 0.6) is 0 Å². The Morgan fingerprint density at radius 1 is 1.67 bits per heavy atom. The molecule has 1 heterocycles. The van der Waals surface area contributed by atoms with Gasteiger partial charge < -0.3 is 5.73 Å². The third-order valence-electron chi connectivity index (χ3n) is 1.15. The summed E-state index contributed by atoms with van der Waals surface area (Å²) in [6.07, 6.45) is 2.86. The van der Waals surface area contributed by atoms with Gasteiger partial charge in [0.05, 0.1) is 0 Å². The molecule has 0 aliphatic heterocycles.